The maximum absolute atomic E-state index is 9.68. The highest BCUT2D eigenvalue weighted by Gasteiger charge is 2.11. The molecule has 102 valence electrons. The van der Waals surface area contributed by atoms with Crippen LogP contribution in [0.2, 0.25) is 0 Å². The summed E-state index contributed by atoms with van der Waals surface area (Å²) in [4.78, 5) is 0. The lowest BCUT2D eigenvalue weighted by Gasteiger charge is -2.17. The molecule has 2 unspecified atom stereocenters. The summed E-state index contributed by atoms with van der Waals surface area (Å²) in [5, 5.41) is 9.68. The fourth-order valence-electron chi connectivity index (χ4n) is 1.73. The molecule has 1 N–H and O–H groups in total. The van der Waals surface area contributed by atoms with Gasteiger partial charge in [0, 0.05) is 6.61 Å². The molecule has 0 amide bonds. The van der Waals surface area contributed by atoms with Crippen LogP contribution in [0.25, 0.3) is 0 Å². The highest BCUT2D eigenvalue weighted by molar-refractivity contribution is 5.35. The molecule has 0 spiro atoms. The first-order chi connectivity index (χ1) is 8.69. The zero-order chi connectivity index (χ0) is 13.4. The average molecular weight is 252 g/mol. The van der Waals surface area contributed by atoms with E-state index >= 15 is 0 Å². The predicted octanol–water partition coefficient (Wildman–Crippen LogP) is 2.98. The summed E-state index contributed by atoms with van der Waals surface area (Å²) in [6.45, 7) is 7.45. The molecule has 1 aromatic rings. The molecule has 0 bridgehead atoms. The standard InChI is InChI=1S/C15H24O3/c1-4-12(3)14-8-6-7-9-15(14)18-11-13(16)10-17-5-2/h6-9,12-13,16H,4-5,10-11H2,1-3H3. The molecule has 0 aliphatic carbocycles. The Kier molecular flexibility index (Phi) is 6.76. The van der Waals surface area contributed by atoms with E-state index in [2.05, 4.69) is 19.9 Å². The molecule has 0 radical (unpaired) electrons. The molecule has 1 aromatic carbocycles. The van der Waals surface area contributed by atoms with Crippen LogP contribution in [0.15, 0.2) is 24.3 Å². The second kappa shape index (κ2) is 8.11. The zero-order valence-electron chi connectivity index (χ0n) is 11.6. The second-order valence-electron chi connectivity index (χ2n) is 4.47. The number of para-hydroxylation sites is 1. The minimum atomic E-state index is -0.574. The Hall–Kier alpha value is -1.06. The minimum Gasteiger partial charge on any atom is -0.491 e. The van der Waals surface area contributed by atoms with E-state index in [0.29, 0.717) is 19.1 Å². The quantitative estimate of drug-likeness (QED) is 0.773. The maximum Gasteiger partial charge on any atom is 0.122 e. The predicted molar refractivity (Wildman–Crippen MR) is 73.1 cm³/mol. The van der Waals surface area contributed by atoms with Gasteiger partial charge in [0.25, 0.3) is 0 Å². The molecule has 3 heteroatoms. The third kappa shape index (κ3) is 4.67. The van der Waals surface area contributed by atoms with Crippen LogP contribution in [-0.2, 0) is 4.74 Å². The molecule has 0 aliphatic rings. The summed E-state index contributed by atoms with van der Waals surface area (Å²) >= 11 is 0. The largest absolute Gasteiger partial charge is 0.491 e. The third-order valence-corrected chi connectivity index (χ3v) is 3.01. The summed E-state index contributed by atoms with van der Waals surface area (Å²) in [5.41, 5.74) is 1.20. The van der Waals surface area contributed by atoms with Gasteiger partial charge in [0.2, 0.25) is 0 Å². The SMILES string of the molecule is CCOCC(O)COc1ccccc1C(C)CC. The fraction of sp³-hybridized carbons (Fsp3) is 0.600. The van der Waals surface area contributed by atoms with Gasteiger partial charge in [-0.3, -0.25) is 0 Å². The molecule has 0 saturated carbocycles. The molecule has 2 atom stereocenters. The molecule has 0 fully saturated rings. The highest BCUT2D eigenvalue weighted by Crippen LogP contribution is 2.28. The van der Waals surface area contributed by atoms with Crippen LogP contribution < -0.4 is 4.74 Å². The first kappa shape index (κ1) is 15.0. The lowest BCUT2D eigenvalue weighted by atomic mass is 9.98. The van der Waals surface area contributed by atoms with Gasteiger partial charge in [0.05, 0.1) is 6.61 Å². The van der Waals surface area contributed by atoms with Crippen LogP contribution in [0.4, 0.5) is 0 Å². The van der Waals surface area contributed by atoms with Crippen molar-refractivity contribution in [1.82, 2.24) is 0 Å². The first-order valence-corrected chi connectivity index (χ1v) is 6.66. The molecule has 1 rings (SSSR count). The van der Waals surface area contributed by atoms with E-state index in [-0.39, 0.29) is 6.61 Å². The fourth-order valence-corrected chi connectivity index (χ4v) is 1.73. The lowest BCUT2D eigenvalue weighted by molar-refractivity contribution is 0.0162. The van der Waals surface area contributed by atoms with E-state index in [1.807, 2.05) is 25.1 Å². The Bertz CT molecular complexity index is 338. The summed E-state index contributed by atoms with van der Waals surface area (Å²) in [6.07, 6.45) is 0.497. The summed E-state index contributed by atoms with van der Waals surface area (Å²) in [6, 6.07) is 8.01. The maximum atomic E-state index is 9.68. The van der Waals surface area contributed by atoms with Crippen LogP contribution in [0, 0.1) is 0 Å². The van der Waals surface area contributed by atoms with Gasteiger partial charge in [0.1, 0.15) is 18.5 Å². The van der Waals surface area contributed by atoms with E-state index in [9.17, 15) is 5.11 Å². The third-order valence-electron chi connectivity index (χ3n) is 3.01. The van der Waals surface area contributed by atoms with Gasteiger partial charge in [0.15, 0.2) is 0 Å². The van der Waals surface area contributed by atoms with Crippen molar-refractivity contribution < 1.29 is 14.6 Å². The number of hydrogen-bond acceptors (Lipinski definition) is 3. The number of rotatable bonds is 8. The zero-order valence-corrected chi connectivity index (χ0v) is 11.6. The molecular formula is C15H24O3. The number of aliphatic hydroxyl groups excluding tert-OH is 1. The summed E-state index contributed by atoms with van der Waals surface area (Å²) in [5.74, 6) is 1.33. The monoisotopic (exact) mass is 252 g/mol. The highest BCUT2D eigenvalue weighted by atomic mass is 16.5. The Labute approximate surface area is 110 Å². The molecule has 0 saturated heterocycles. The summed E-state index contributed by atoms with van der Waals surface area (Å²) in [7, 11) is 0. The molecule has 0 aromatic heterocycles. The van der Waals surface area contributed by atoms with Crippen molar-refractivity contribution in [2.24, 2.45) is 0 Å². The average Bonchev–Trinajstić information content (AvgIpc) is 2.42. The van der Waals surface area contributed by atoms with Crippen molar-refractivity contribution >= 4 is 0 Å². The van der Waals surface area contributed by atoms with Crippen LogP contribution in [-0.4, -0.2) is 31.0 Å². The van der Waals surface area contributed by atoms with Crippen molar-refractivity contribution in [3.63, 3.8) is 0 Å². The number of aliphatic hydroxyl groups is 1. The molecule has 3 nitrogen and oxygen atoms in total. The van der Waals surface area contributed by atoms with Gasteiger partial charge < -0.3 is 14.6 Å². The van der Waals surface area contributed by atoms with Gasteiger partial charge in [-0.15, -0.1) is 0 Å². The normalized spacial score (nSPS) is 14.2. The number of ether oxygens (including phenoxy) is 2. The molecule has 0 heterocycles. The van der Waals surface area contributed by atoms with Crippen molar-refractivity contribution in [3.05, 3.63) is 29.8 Å². The minimum absolute atomic E-state index is 0.271. The van der Waals surface area contributed by atoms with Crippen molar-refractivity contribution in [2.75, 3.05) is 19.8 Å². The van der Waals surface area contributed by atoms with Crippen LogP contribution in [0.5, 0.6) is 5.75 Å². The van der Waals surface area contributed by atoms with Crippen molar-refractivity contribution in [2.45, 2.75) is 39.2 Å². The smallest absolute Gasteiger partial charge is 0.122 e. The van der Waals surface area contributed by atoms with Gasteiger partial charge in [-0.2, -0.15) is 0 Å². The van der Waals surface area contributed by atoms with Crippen LogP contribution >= 0.6 is 0 Å². The number of benzene rings is 1. The van der Waals surface area contributed by atoms with Crippen LogP contribution in [0.3, 0.4) is 0 Å². The Balaban J connectivity index is 2.56. The lowest BCUT2D eigenvalue weighted by Crippen LogP contribution is -2.23. The van der Waals surface area contributed by atoms with Crippen molar-refractivity contribution in [3.8, 4) is 5.75 Å². The first-order valence-electron chi connectivity index (χ1n) is 6.66. The van der Waals surface area contributed by atoms with Crippen molar-refractivity contribution in [1.29, 1.82) is 0 Å². The molecular weight excluding hydrogens is 228 g/mol. The van der Waals surface area contributed by atoms with Gasteiger partial charge in [-0.25, -0.2) is 0 Å². The summed E-state index contributed by atoms with van der Waals surface area (Å²) < 4.78 is 10.8. The topological polar surface area (TPSA) is 38.7 Å². The Morgan fingerprint density at radius 2 is 1.89 bits per heavy atom. The second-order valence-corrected chi connectivity index (χ2v) is 4.47. The van der Waals surface area contributed by atoms with Gasteiger partial charge >= 0.3 is 0 Å². The van der Waals surface area contributed by atoms with E-state index in [1.54, 1.807) is 0 Å². The van der Waals surface area contributed by atoms with Gasteiger partial charge in [-0.05, 0) is 30.9 Å². The van der Waals surface area contributed by atoms with Crippen LogP contribution in [0.1, 0.15) is 38.7 Å². The van der Waals surface area contributed by atoms with E-state index in [0.717, 1.165) is 12.2 Å². The molecule has 18 heavy (non-hydrogen) atoms. The molecule has 0 aliphatic heterocycles. The van der Waals surface area contributed by atoms with Gasteiger partial charge in [-0.1, -0.05) is 32.0 Å². The van der Waals surface area contributed by atoms with E-state index in [4.69, 9.17) is 9.47 Å². The Morgan fingerprint density at radius 3 is 2.56 bits per heavy atom. The van der Waals surface area contributed by atoms with E-state index in [1.165, 1.54) is 5.56 Å². The number of hydrogen-bond donors (Lipinski definition) is 1. The van der Waals surface area contributed by atoms with E-state index < -0.39 is 6.10 Å². The Morgan fingerprint density at radius 1 is 1.17 bits per heavy atom.